The van der Waals surface area contributed by atoms with Crippen molar-refractivity contribution in [2.45, 2.75) is 91.9 Å². The van der Waals surface area contributed by atoms with E-state index in [4.69, 9.17) is 41.0 Å². The molecule has 0 rings (SSSR count). The Bertz CT molecular complexity index is 705. The second-order valence-corrected chi connectivity index (χ2v) is 17.5. The van der Waals surface area contributed by atoms with Crippen molar-refractivity contribution in [3.63, 3.8) is 0 Å². The van der Waals surface area contributed by atoms with Crippen LogP contribution >= 0.6 is 15.2 Å². The number of hydrogen-bond acceptors (Lipinski definition) is 12. The average molecular weight is 701 g/mol. The molecular weight excluding hydrogens is 626 g/mol. The molecule has 0 spiro atoms. The zero-order valence-corrected chi connectivity index (χ0v) is 31.9. The van der Waals surface area contributed by atoms with E-state index < -0.39 is 15.2 Å². The zero-order valence-electron chi connectivity index (χ0n) is 30.1. The Kier molecular flexibility index (Phi) is 30.0. The summed E-state index contributed by atoms with van der Waals surface area (Å²) in [6.07, 6.45) is 10.1. The van der Waals surface area contributed by atoms with E-state index in [2.05, 4.69) is 9.80 Å². The second-order valence-electron chi connectivity index (χ2n) is 13.1. The molecule has 0 heterocycles. The highest BCUT2D eigenvalue weighted by molar-refractivity contribution is 7.54. The normalized spacial score (nSPS) is 15.0. The molecule has 0 aliphatic heterocycles. The fraction of sp³-hybridized carbons (Fsp3) is 1.00. The van der Waals surface area contributed by atoms with Crippen LogP contribution in [-0.2, 0) is 27.2 Å². The standard InChI is InChI=1S/C32H74N6O6P2/c1-31(2)29-43-45(39,27-23-37(19-11-15-33)20-12-16-34)41-25-9-7-5-6-8-10-26-42-46(40,44-30-32(3)4)28-24-38(21-13-17-35)22-14-18-36/h31-32H,5-30,33-36H2,1-4H3. The van der Waals surface area contributed by atoms with Gasteiger partial charge in [0.1, 0.15) is 0 Å². The summed E-state index contributed by atoms with van der Waals surface area (Å²) in [6, 6.07) is 0. The molecule has 278 valence electrons. The first-order chi connectivity index (χ1) is 22.0. The summed E-state index contributed by atoms with van der Waals surface area (Å²) >= 11 is 0. The molecule has 0 saturated heterocycles. The van der Waals surface area contributed by atoms with E-state index in [9.17, 15) is 9.13 Å². The number of unbranched alkanes of at least 4 members (excludes halogenated alkanes) is 5. The molecule has 0 saturated carbocycles. The Labute approximate surface area is 282 Å². The van der Waals surface area contributed by atoms with Crippen LogP contribution in [0.25, 0.3) is 0 Å². The third kappa shape index (κ3) is 26.9. The minimum atomic E-state index is -3.19. The van der Waals surface area contributed by atoms with Gasteiger partial charge in [-0.2, -0.15) is 0 Å². The van der Waals surface area contributed by atoms with Gasteiger partial charge in [-0.1, -0.05) is 53.4 Å². The van der Waals surface area contributed by atoms with Crippen molar-refractivity contribution in [2.75, 3.05) is 104 Å². The van der Waals surface area contributed by atoms with Crippen LogP contribution in [0.1, 0.15) is 91.9 Å². The molecule has 0 aliphatic carbocycles. The van der Waals surface area contributed by atoms with Crippen molar-refractivity contribution >= 4 is 15.2 Å². The van der Waals surface area contributed by atoms with Crippen molar-refractivity contribution < 1.29 is 27.2 Å². The van der Waals surface area contributed by atoms with Crippen LogP contribution in [-0.4, -0.2) is 114 Å². The van der Waals surface area contributed by atoms with Gasteiger partial charge in [0.2, 0.25) is 0 Å². The van der Waals surface area contributed by atoms with Gasteiger partial charge in [-0.15, -0.1) is 0 Å². The number of hydrogen-bond donors (Lipinski definition) is 4. The summed E-state index contributed by atoms with van der Waals surface area (Å²) in [5, 5.41) is 0. The predicted molar refractivity (Wildman–Crippen MR) is 194 cm³/mol. The van der Waals surface area contributed by atoms with Gasteiger partial charge in [0, 0.05) is 13.1 Å². The first-order valence-electron chi connectivity index (χ1n) is 18.0. The van der Waals surface area contributed by atoms with Gasteiger partial charge in [0.25, 0.3) is 0 Å². The maximum Gasteiger partial charge on any atom is 0.331 e. The highest BCUT2D eigenvalue weighted by Crippen LogP contribution is 2.49. The quantitative estimate of drug-likeness (QED) is 0.0509. The Morgan fingerprint density at radius 2 is 0.761 bits per heavy atom. The Balaban J connectivity index is 4.56. The minimum absolute atomic E-state index is 0.277. The number of rotatable bonds is 35. The van der Waals surface area contributed by atoms with Gasteiger partial charge in [-0.3, -0.25) is 9.13 Å². The molecule has 2 atom stereocenters. The van der Waals surface area contributed by atoms with Crippen LogP contribution in [0.2, 0.25) is 0 Å². The topological polar surface area (TPSA) is 182 Å². The molecule has 14 heteroatoms. The van der Waals surface area contributed by atoms with Gasteiger partial charge in [0.05, 0.1) is 38.8 Å². The van der Waals surface area contributed by atoms with E-state index in [1.807, 2.05) is 27.7 Å². The second kappa shape index (κ2) is 29.9. The van der Waals surface area contributed by atoms with Gasteiger partial charge in [-0.05, 0) is 103 Å². The smallest absolute Gasteiger partial charge is 0.330 e. The fourth-order valence-corrected chi connectivity index (χ4v) is 8.22. The van der Waals surface area contributed by atoms with Gasteiger partial charge in [-0.25, -0.2) is 0 Å². The molecule has 0 aromatic carbocycles. The Hall–Kier alpha value is 0.0600. The summed E-state index contributed by atoms with van der Waals surface area (Å²) in [4.78, 5) is 4.52. The van der Waals surface area contributed by atoms with Crippen molar-refractivity contribution in [3.05, 3.63) is 0 Å². The SMILES string of the molecule is CC(C)COP(=O)(CCN(CCCN)CCCN)OCCCCCCCCOP(=O)(CCN(CCCN)CCCN)OCC(C)C. The molecule has 0 aliphatic rings. The van der Waals surface area contributed by atoms with Crippen molar-refractivity contribution in [3.8, 4) is 0 Å². The third-order valence-electron chi connectivity index (χ3n) is 7.42. The molecule has 46 heavy (non-hydrogen) atoms. The van der Waals surface area contributed by atoms with E-state index in [0.717, 1.165) is 90.4 Å². The van der Waals surface area contributed by atoms with E-state index >= 15 is 0 Å². The van der Waals surface area contributed by atoms with Crippen LogP contribution in [0, 0.1) is 11.8 Å². The highest BCUT2D eigenvalue weighted by atomic mass is 31.2. The van der Waals surface area contributed by atoms with Crippen LogP contribution in [0.4, 0.5) is 0 Å². The average Bonchev–Trinajstić information content (AvgIpc) is 3.03. The molecule has 0 aromatic rings. The lowest BCUT2D eigenvalue weighted by molar-refractivity contribution is 0.177. The highest BCUT2D eigenvalue weighted by Gasteiger charge is 2.27. The van der Waals surface area contributed by atoms with Crippen molar-refractivity contribution in [1.29, 1.82) is 0 Å². The van der Waals surface area contributed by atoms with Crippen molar-refractivity contribution in [2.24, 2.45) is 34.8 Å². The van der Waals surface area contributed by atoms with E-state index in [-0.39, 0.29) is 11.8 Å². The first-order valence-corrected chi connectivity index (χ1v) is 21.5. The van der Waals surface area contributed by atoms with Crippen LogP contribution in [0.15, 0.2) is 0 Å². The molecule has 0 amide bonds. The third-order valence-corrected chi connectivity index (χ3v) is 11.2. The van der Waals surface area contributed by atoms with E-state index in [1.165, 1.54) is 0 Å². The maximum absolute atomic E-state index is 13.5. The Morgan fingerprint density at radius 3 is 1.04 bits per heavy atom. The molecule has 0 fully saturated rings. The number of nitrogens with two attached hydrogens (primary N) is 4. The Morgan fingerprint density at radius 1 is 0.457 bits per heavy atom. The molecule has 0 bridgehead atoms. The van der Waals surface area contributed by atoms with Crippen LogP contribution < -0.4 is 22.9 Å². The fourth-order valence-electron chi connectivity index (χ4n) is 4.63. The lowest BCUT2D eigenvalue weighted by atomic mass is 10.1. The largest absolute Gasteiger partial charge is 0.331 e. The summed E-state index contributed by atoms with van der Waals surface area (Å²) in [6.45, 7) is 17.1. The summed E-state index contributed by atoms with van der Waals surface area (Å²) in [7, 11) is -6.37. The van der Waals surface area contributed by atoms with Gasteiger partial charge >= 0.3 is 15.2 Å². The number of nitrogens with zero attached hydrogens (tertiary/aromatic N) is 2. The lowest BCUT2D eigenvalue weighted by Gasteiger charge is -2.25. The molecule has 0 radical (unpaired) electrons. The first kappa shape index (κ1) is 46.1. The van der Waals surface area contributed by atoms with E-state index in [1.54, 1.807) is 0 Å². The van der Waals surface area contributed by atoms with Crippen molar-refractivity contribution in [1.82, 2.24) is 9.80 Å². The van der Waals surface area contributed by atoms with Crippen LogP contribution in [0.3, 0.4) is 0 Å². The zero-order chi connectivity index (χ0) is 34.5. The lowest BCUT2D eigenvalue weighted by Crippen LogP contribution is -2.31. The summed E-state index contributed by atoms with van der Waals surface area (Å²) in [5.41, 5.74) is 22.8. The molecular formula is C32H74N6O6P2. The molecule has 12 nitrogen and oxygen atoms in total. The maximum atomic E-state index is 13.5. The predicted octanol–water partition coefficient (Wildman–Crippen LogP) is 5.09. The van der Waals surface area contributed by atoms with Gasteiger partial charge in [0.15, 0.2) is 0 Å². The molecule has 8 N–H and O–H groups in total. The van der Waals surface area contributed by atoms with Gasteiger partial charge < -0.3 is 50.8 Å². The van der Waals surface area contributed by atoms with E-state index in [0.29, 0.717) is 78.0 Å². The minimum Gasteiger partial charge on any atom is -0.330 e. The van der Waals surface area contributed by atoms with Crippen LogP contribution in [0.5, 0.6) is 0 Å². The summed E-state index contributed by atoms with van der Waals surface area (Å²) < 4.78 is 50.6. The summed E-state index contributed by atoms with van der Waals surface area (Å²) in [5.74, 6) is 0.555. The molecule has 0 aromatic heterocycles. The monoisotopic (exact) mass is 701 g/mol. The molecule has 2 unspecified atom stereocenters.